The summed E-state index contributed by atoms with van der Waals surface area (Å²) in [5.41, 5.74) is 5.19. The van der Waals surface area contributed by atoms with Crippen molar-refractivity contribution in [1.29, 1.82) is 0 Å². The Hall–Kier alpha value is -3.00. The topological polar surface area (TPSA) is 60.2 Å². The Morgan fingerprint density at radius 1 is 1.14 bits per heavy atom. The number of benzene rings is 2. The van der Waals surface area contributed by atoms with Gasteiger partial charge < -0.3 is 5.73 Å². The van der Waals surface area contributed by atoms with E-state index in [4.69, 9.17) is 5.73 Å². The standard InChI is InChI=1S/C20H16F4N2O2/c1-11-15-7-6-13(20(22,23)24)9-16(15)26(2,19(28)17(11)18(25)27)10-12-4-3-5-14(21)8-12/h3-9H,10H2,1-2H3,(H-,25,27)/p+1. The summed E-state index contributed by atoms with van der Waals surface area (Å²) in [7, 11) is 1.39. The zero-order valence-electron chi connectivity index (χ0n) is 15.1. The van der Waals surface area contributed by atoms with Crippen LogP contribution in [-0.4, -0.2) is 18.9 Å². The number of hydrogen-bond acceptors (Lipinski definition) is 2. The van der Waals surface area contributed by atoms with Crippen LogP contribution in [0.1, 0.15) is 23.6 Å². The van der Waals surface area contributed by atoms with Gasteiger partial charge in [0.15, 0.2) is 0 Å². The zero-order valence-corrected chi connectivity index (χ0v) is 15.1. The summed E-state index contributed by atoms with van der Waals surface area (Å²) in [5, 5.41) is 0. The summed E-state index contributed by atoms with van der Waals surface area (Å²) in [4.78, 5) is 25.0. The van der Waals surface area contributed by atoms with E-state index in [2.05, 4.69) is 0 Å². The van der Waals surface area contributed by atoms with E-state index in [9.17, 15) is 27.2 Å². The van der Waals surface area contributed by atoms with Crippen molar-refractivity contribution in [3.8, 4) is 0 Å². The molecule has 0 fully saturated rings. The van der Waals surface area contributed by atoms with Gasteiger partial charge in [-0.25, -0.2) is 13.7 Å². The van der Waals surface area contributed by atoms with Gasteiger partial charge in [0.05, 0.1) is 12.6 Å². The first-order chi connectivity index (χ1) is 12.9. The molecule has 1 aliphatic heterocycles. The predicted octanol–water partition coefficient (Wildman–Crippen LogP) is 3.78. The molecule has 2 aromatic rings. The Balaban J connectivity index is 2.27. The lowest BCUT2D eigenvalue weighted by atomic mass is 9.90. The number of hydrogen-bond donors (Lipinski definition) is 1. The molecule has 1 aliphatic rings. The first-order valence-electron chi connectivity index (χ1n) is 8.33. The number of alkyl halides is 3. The number of likely N-dealkylation sites (N-methyl/N-ethyl adjacent to an activating group) is 1. The number of fused-ring (bicyclic) bond motifs is 1. The van der Waals surface area contributed by atoms with Gasteiger partial charge in [-0.15, -0.1) is 0 Å². The van der Waals surface area contributed by atoms with Crippen molar-refractivity contribution in [2.45, 2.75) is 19.6 Å². The van der Waals surface area contributed by atoms with Crippen molar-refractivity contribution in [1.82, 2.24) is 4.48 Å². The molecule has 1 unspecified atom stereocenters. The summed E-state index contributed by atoms with van der Waals surface area (Å²) in [6.07, 6.45) is -4.61. The molecule has 0 saturated heterocycles. The second-order valence-corrected chi connectivity index (χ2v) is 6.88. The van der Waals surface area contributed by atoms with Crippen LogP contribution in [0.2, 0.25) is 0 Å². The van der Waals surface area contributed by atoms with Gasteiger partial charge in [0.25, 0.3) is 5.91 Å². The largest absolute Gasteiger partial charge is 0.416 e. The number of nitrogens with zero attached hydrogens (tertiary/aromatic N) is 1. The second kappa shape index (κ2) is 6.56. The lowest BCUT2D eigenvalue weighted by Gasteiger charge is -2.37. The van der Waals surface area contributed by atoms with Gasteiger partial charge >= 0.3 is 12.1 Å². The Morgan fingerprint density at radius 2 is 1.82 bits per heavy atom. The summed E-state index contributed by atoms with van der Waals surface area (Å²) < 4.78 is 52.7. The molecule has 146 valence electrons. The van der Waals surface area contributed by atoms with Crippen LogP contribution >= 0.6 is 0 Å². The highest BCUT2D eigenvalue weighted by molar-refractivity contribution is 6.28. The van der Waals surface area contributed by atoms with E-state index in [-0.39, 0.29) is 23.4 Å². The molecule has 0 aromatic heterocycles. The lowest BCUT2D eigenvalue weighted by molar-refractivity contribution is -0.138. The Kier molecular flexibility index (Phi) is 4.63. The minimum Gasteiger partial charge on any atom is -0.365 e. The zero-order chi connectivity index (χ0) is 20.9. The van der Waals surface area contributed by atoms with Crippen molar-refractivity contribution in [2.24, 2.45) is 5.73 Å². The SMILES string of the molecule is CC1=C(C(N)=O)C(=O)[N+](C)(Cc2cccc(F)c2)c2cc(C(F)(F)F)ccc21. The van der Waals surface area contributed by atoms with Gasteiger partial charge in [-0.05, 0) is 36.8 Å². The highest BCUT2D eigenvalue weighted by atomic mass is 19.4. The van der Waals surface area contributed by atoms with Crippen LogP contribution in [0.5, 0.6) is 0 Å². The Morgan fingerprint density at radius 3 is 2.39 bits per heavy atom. The number of allylic oxidation sites excluding steroid dienone is 1. The van der Waals surface area contributed by atoms with Gasteiger partial charge in [0.1, 0.15) is 23.6 Å². The van der Waals surface area contributed by atoms with Crippen LogP contribution in [0.25, 0.3) is 5.57 Å². The van der Waals surface area contributed by atoms with Gasteiger partial charge in [0.2, 0.25) is 0 Å². The monoisotopic (exact) mass is 393 g/mol. The quantitative estimate of drug-likeness (QED) is 0.490. The molecule has 3 rings (SSSR count). The van der Waals surface area contributed by atoms with Crippen LogP contribution < -0.4 is 10.2 Å². The van der Waals surface area contributed by atoms with E-state index >= 15 is 0 Å². The molecule has 28 heavy (non-hydrogen) atoms. The molecular weight excluding hydrogens is 376 g/mol. The first-order valence-corrected chi connectivity index (χ1v) is 8.33. The smallest absolute Gasteiger partial charge is 0.365 e. The van der Waals surface area contributed by atoms with Crippen molar-refractivity contribution in [3.63, 3.8) is 0 Å². The first kappa shape index (κ1) is 19.8. The average molecular weight is 393 g/mol. The molecule has 8 heteroatoms. The summed E-state index contributed by atoms with van der Waals surface area (Å²) in [6, 6.07) is 8.42. The van der Waals surface area contributed by atoms with Crippen molar-refractivity contribution in [2.75, 3.05) is 7.05 Å². The van der Waals surface area contributed by atoms with Gasteiger partial charge in [-0.3, -0.25) is 4.79 Å². The van der Waals surface area contributed by atoms with Crippen LogP contribution in [0.4, 0.5) is 23.2 Å². The van der Waals surface area contributed by atoms with E-state index in [0.717, 1.165) is 12.1 Å². The van der Waals surface area contributed by atoms with Crippen LogP contribution in [0, 0.1) is 5.82 Å². The molecule has 0 bridgehead atoms. The minimum atomic E-state index is -4.61. The molecule has 2 N–H and O–H groups in total. The summed E-state index contributed by atoms with van der Waals surface area (Å²) in [5.74, 6) is -2.24. The number of carbonyl (C=O) groups is 2. The average Bonchev–Trinajstić information content (AvgIpc) is 2.59. The third-order valence-electron chi connectivity index (χ3n) is 4.93. The third-order valence-corrected chi connectivity index (χ3v) is 4.93. The molecule has 0 aliphatic carbocycles. The fourth-order valence-corrected chi connectivity index (χ4v) is 3.53. The Labute approximate surface area is 158 Å². The van der Waals surface area contributed by atoms with Crippen molar-refractivity contribution >= 4 is 23.1 Å². The van der Waals surface area contributed by atoms with Crippen LogP contribution in [0.3, 0.4) is 0 Å². The number of nitrogens with two attached hydrogens (primary N) is 1. The van der Waals surface area contributed by atoms with Gasteiger partial charge in [-0.1, -0.05) is 12.1 Å². The molecule has 4 nitrogen and oxygen atoms in total. The Bertz CT molecular complexity index is 1030. The second-order valence-electron chi connectivity index (χ2n) is 6.88. The maximum Gasteiger partial charge on any atom is 0.416 e. The molecular formula is C20H17F4N2O2+. The van der Waals surface area contributed by atoms with Gasteiger partial charge in [-0.2, -0.15) is 13.2 Å². The van der Waals surface area contributed by atoms with Crippen molar-refractivity contribution < 1.29 is 27.2 Å². The normalized spacial score (nSPS) is 19.6. The highest BCUT2D eigenvalue weighted by Gasteiger charge is 2.47. The fraction of sp³-hybridized carbons (Fsp3) is 0.200. The van der Waals surface area contributed by atoms with E-state index < -0.39 is 33.9 Å². The van der Waals surface area contributed by atoms with E-state index in [1.54, 1.807) is 6.07 Å². The number of primary amides is 1. The fourth-order valence-electron chi connectivity index (χ4n) is 3.53. The van der Waals surface area contributed by atoms with E-state index in [1.807, 2.05) is 0 Å². The number of amides is 2. The number of carbonyl (C=O) groups excluding carboxylic acids is 2. The third kappa shape index (κ3) is 3.20. The molecule has 1 atom stereocenters. The molecule has 0 saturated carbocycles. The molecule has 2 amide bonds. The summed E-state index contributed by atoms with van der Waals surface area (Å²) >= 11 is 0. The molecule has 0 radical (unpaired) electrons. The molecule has 0 spiro atoms. The highest BCUT2D eigenvalue weighted by Crippen LogP contribution is 2.43. The van der Waals surface area contributed by atoms with Crippen LogP contribution in [-0.2, 0) is 22.3 Å². The van der Waals surface area contributed by atoms with Crippen LogP contribution in [0.15, 0.2) is 48.0 Å². The summed E-state index contributed by atoms with van der Waals surface area (Å²) in [6.45, 7) is 1.32. The molecule has 2 aromatic carbocycles. The number of quaternary nitrogens is 1. The minimum absolute atomic E-state index is 0.0755. The van der Waals surface area contributed by atoms with E-state index in [0.29, 0.717) is 11.1 Å². The maximum atomic E-state index is 13.6. The maximum absolute atomic E-state index is 13.6. The number of halogens is 4. The van der Waals surface area contributed by atoms with E-state index in [1.165, 1.54) is 38.2 Å². The molecule has 1 heterocycles. The van der Waals surface area contributed by atoms with Crippen molar-refractivity contribution in [3.05, 3.63) is 70.5 Å². The lowest BCUT2D eigenvalue weighted by Crippen LogP contribution is -2.54. The van der Waals surface area contributed by atoms with Gasteiger partial charge in [0, 0.05) is 17.2 Å². The number of rotatable bonds is 3. The predicted molar refractivity (Wildman–Crippen MR) is 96.1 cm³/mol.